The van der Waals surface area contributed by atoms with Crippen molar-refractivity contribution >= 4 is 34.6 Å². The molecule has 0 aliphatic carbocycles. The third kappa shape index (κ3) is 4.97. The minimum absolute atomic E-state index is 0.0526. The Morgan fingerprint density at radius 1 is 1.38 bits per heavy atom. The van der Waals surface area contributed by atoms with Crippen LogP contribution in [0.4, 0.5) is 5.82 Å². The Kier molecular flexibility index (Phi) is 7.28. The van der Waals surface area contributed by atoms with Crippen molar-refractivity contribution in [2.45, 2.75) is 6.10 Å². The molecule has 0 spiro atoms. The van der Waals surface area contributed by atoms with Crippen LogP contribution in [0.2, 0.25) is 5.02 Å². The Morgan fingerprint density at radius 3 is 2.79 bits per heavy atom. The van der Waals surface area contributed by atoms with Gasteiger partial charge in [0.2, 0.25) is 0 Å². The number of morpholine rings is 1. The van der Waals surface area contributed by atoms with E-state index in [9.17, 15) is 5.11 Å². The lowest BCUT2D eigenvalue weighted by Crippen LogP contribution is -2.44. The first kappa shape index (κ1) is 21.3. The van der Waals surface area contributed by atoms with Crippen LogP contribution < -0.4 is 10.6 Å². The second kappa shape index (κ2) is 9.89. The van der Waals surface area contributed by atoms with Crippen LogP contribution in [0.15, 0.2) is 60.4 Å². The molecule has 0 radical (unpaired) electrons. The predicted molar refractivity (Wildman–Crippen MR) is 118 cm³/mol. The van der Waals surface area contributed by atoms with Gasteiger partial charge in [0.05, 0.1) is 31.2 Å². The maximum atomic E-state index is 9.43. The van der Waals surface area contributed by atoms with Gasteiger partial charge in [-0.1, -0.05) is 48.0 Å². The van der Waals surface area contributed by atoms with E-state index in [1.807, 2.05) is 17.0 Å². The van der Waals surface area contributed by atoms with Gasteiger partial charge in [-0.15, -0.1) is 0 Å². The van der Waals surface area contributed by atoms with Crippen LogP contribution in [0.3, 0.4) is 0 Å². The molecule has 2 heterocycles. The standard InChI is InChI=1S/C21H22Cl2N4O2/c1-2-18(23)17(7-8-24)21-20(14-3-5-15(22)6-4-14)25-11-19(26-21)27-9-10-29-16(12-27)13-28/h2-8,11,16,28H,1,9-10,12-13,24H2/b8-7-,18-17-. The molecule has 1 fully saturated rings. The molecule has 6 nitrogen and oxygen atoms in total. The Labute approximate surface area is 179 Å². The molecule has 29 heavy (non-hydrogen) atoms. The van der Waals surface area contributed by atoms with E-state index in [1.165, 1.54) is 12.3 Å². The summed E-state index contributed by atoms with van der Waals surface area (Å²) in [5, 5.41) is 10.5. The minimum Gasteiger partial charge on any atom is -0.405 e. The number of ether oxygens (including phenoxy) is 1. The molecule has 1 atom stereocenters. The number of aromatic nitrogens is 2. The molecule has 2 aromatic rings. The van der Waals surface area contributed by atoms with Gasteiger partial charge in [-0.05, 0) is 24.4 Å². The predicted octanol–water partition coefficient (Wildman–Crippen LogP) is 3.60. The van der Waals surface area contributed by atoms with Gasteiger partial charge in [-0.25, -0.2) is 4.98 Å². The maximum absolute atomic E-state index is 9.43. The van der Waals surface area contributed by atoms with Gasteiger partial charge in [-0.2, -0.15) is 0 Å². The highest BCUT2D eigenvalue weighted by atomic mass is 35.5. The second-order valence-corrected chi connectivity index (χ2v) is 7.22. The molecule has 1 aromatic carbocycles. The number of hydrogen-bond donors (Lipinski definition) is 2. The third-order valence-electron chi connectivity index (χ3n) is 4.50. The number of anilines is 1. The van der Waals surface area contributed by atoms with Crippen molar-refractivity contribution in [3.8, 4) is 11.3 Å². The van der Waals surface area contributed by atoms with Gasteiger partial charge >= 0.3 is 0 Å². The molecule has 0 amide bonds. The molecule has 3 rings (SSSR count). The average Bonchev–Trinajstić information content (AvgIpc) is 2.77. The average molecular weight is 433 g/mol. The summed E-state index contributed by atoms with van der Waals surface area (Å²) in [6.07, 6.45) is 6.05. The summed E-state index contributed by atoms with van der Waals surface area (Å²) in [6, 6.07) is 7.33. The zero-order valence-electron chi connectivity index (χ0n) is 15.8. The van der Waals surface area contributed by atoms with Crippen LogP contribution in [-0.4, -0.2) is 47.5 Å². The summed E-state index contributed by atoms with van der Waals surface area (Å²) < 4.78 is 5.53. The number of halogens is 2. The fourth-order valence-electron chi connectivity index (χ4n) is 3.05. The first-order valence-corrected chi connectivity index (χ1v) is 9.84. The van der Waals surface area contributed by atoms with Crippen LogP contribution in [0.5, 0.6) is 0 Å². The van der Waals surface area contributed by atoms with Gasteiger partial charge in [-0.3, -0.25) is 4.98 Å². The number of hydrogen-bond acceptors (Lipinski definition) is 6. The smallest absolute Gasteiger partial charge is 0.148 e. The Hall–Kier alpha value is -2.38. The number of nitrogens with two attached hydrogens (primary N) is 1. The summed E-state index contributed by atoms with van der Waals surface area (Å²) in [7, 11) is 0. The fourth-order valence-corrected chi connectivity index (χ4v) is 3.33. The van der Waals surface area contributed by atoms with Crippen LogP contribution >= 0.6 is 23.2 Å². The zero-order valence-corrected chi connectivity index (χ0v) is 17.3. The lowest BCUT2D eigenvalue weighted by Gasteiger charge is -2.33. The first-order chi connectivity index (χ1) is 14.1. The highest BCUT2D eigenvalue weighted by Crippen LogP contribution is 2.32. The molecule has 0 saturated carbocycles. The number of nitrogens with zero attached hydrogens (tertiary/aromatic N) is 3. The van der Waals surface area contributed by atoms with Gasteiger partial charge in [0.25, 0.3) is 0 Å². The van der Waals surface area contributed by atoms with Gasteiger partial charge in [0.1, 0.15) is 11.5 Å². The number of aliphatic hydroxyl groups excluding tert-OH is 1. The van der Waals surface area contributed by atoms with Gasteiger partial charge in [0.15, 0.2) is 0 Å². The molecule has 1 saturated heterocycles. The van der Waals surface area contributed by atoms with E-state index in [0.29, 0.717) is 52.5 Å². The summed E-state index contributed by atoms with van der Waals surface area (Å²) in [5.41, 5.74) is 8.32. The number of rotatable bonds is 6. The van der Waals surface area contributed by atoms with E-state index in [0.717, 1.165) is 5.56 Å². The van der Waals surface area contributed by atoms with E-state index in [2.05, 4.69) is 11.6 Å². The van der Waals surface area contributed by atoms with Gasteiger partial charge < -0.3 is 20.5 Å². The Balaban J connectivity index is 2.14. The van der Waals surface area contributed by atoms with E-state index in [1.54, 1.807) is 24.4 Å². The molecule has 1 unspecified atom stereocenters. The SMILES string of the molecule is C=C/C(Cl)=C(\C=C/N)c1nc(N2CCOC(CO)C2)cnc1-c1ccc(Cl)cc1. The summed E-state index contributed by atoms with van der Waals surface area (Å²) in [6.45, 7) is 5.36. The molecule has 1 aliphatic rings. The second-order valence-electron chi connectivity index (χ2n) is 6.38. The zero-order chi connectivity index (χ0) is 20.8. The summed E-state index contributed by atoms with van der Waals surface area (Å²) >= 11 is 12.4. The third-order valence-corrected chi connectivity index (χ3v) is 5.11. The van der Waals surface area contributed by atoms with Crippen molar-refractivity contribution in [3.63, 3.8) is 0 Å². The van der Waals surface area contributed by atoms with E-state index in [-0.39, 0.29) is 12.7 Å². The van der Waals surface area contributed by atoms with E-state index < -0.39 is 0 Å². The minimum atomic E-state index is -0.263. The summed E-state index contributed by atoms with van der Waals surface area (Å²) in [5.74, 6) is 0.663. The lowest BCUT2D eigenvalue weighted by molar-refractivity contribution is 0.00334. The van der Waals surface area contributed by atoms with Crippen molar-refractivity contribution < 1.29 is 9.84 Å². The van der Waals surface area contributed by atoms with E-state index in [4.69, 9.17) is 38.7 Å². The topological polar surface area (TPSA) is 84.5 Å². The molecule has 152 valence electrons. The molecule has 0 bridgehead atoms. The largest absolute Gasteiger partial charge is 0.405 e. The molecule has 3 N–H and O–H groups in total. The fraction of sp³-hybridized carbons (Fsp3) is 0.238. The lowest BCUT2D eigenvalue weighted by atomic mass is 10.0. The van der Waals surface area contributed by atoms with Crippen molar-refractivity contribution in [1.29, 1.82) is 0 Å². The van der Waals surface area contributed by atoms with E-state index >= 15 is 0 Å². The molecule has 1 aromatic heterocycles. The van der Waals surface area contributed by atoms with Crippen molar-refractivity contribution in [3.05, 3.63) is 71.1 Å². The van der Waals surface area contributed by atoms with Crippen LogP contribution in [0, 0.1) is 0 Å². The Morgan fingerprint density at radius 2 is 2.14 bits per heavy atom. The van der Waals surface area contributed by atoms with Crippen LogP contribution in [0.1, 0.15) is 5.69 Å². The number of aliphatic hydroxyl groups is 1. The molecular formula is C21H22Cl2N4O2. The quantitative estimate of drug-likeness (QED) is 0.678. The van der Waals surface area contributed by atoms with Crippen molar-refractivity contribution in [2.24, 2.45) is 5.73 Å². The van der Waals surface area contributed by atoms with Crippen LogP contribution in [0.25, 0.3) is 16.8 Å². The van der Waals surface area contributed by atoms with Crippen LogP contribution in [-0.2, 0) is 4.74 Å². The number of allylic oxidation sites excluding steroid dienone is 4. The van der Waals surface area contributed by atoms with Crippen molar-refractivity contribution in [2.75, 3.05) is 31.2 Å². The molecular weight excluding hydrogens is 411 g/mol. The maximum Gasteiger partial charge on any atom is 0.148 e. The number of benzene rings is 1. The highest BCUT2D eigenvalue weighted by Gasteiger charge is 2.23. The highest BCUT2D eigenvalue weighted by molar-refractivity contribution is 6.35. The first-order valence-electron chi connectivity index (χ1n) is 9.08. The molecule has 1 aliphatic heterocycles. The normalized spacial score (nSPS) is 18.0. The van der Waals surface area contributed by atoms with Gasteiger partial charge in [0, 0.05) is 34.3 Å². The molecule has 8 heteroatoms. The van der Waals surface area contributed by atoms with Crippen molar-refractivity contribution in [1.82, 2.24) is 9.97 Å². The summed E-state index contributed by atoms with van der Waals surface area (Å²) in [4.78, 5) is 11.5. The monoisotopic (exact) mass is 432 g/mol. The Bertz CT molecular complexity index is 929.